The van der Waals surface area contributed by atoms with Crippen LogP contribution in [0.4, 0.5) is 0 Å². The van der Waals surface area contributed by atoms with Crippen molar-refractivity contribution in [3.05, 3.63) is 60.7 Å². The molecule has 7 nitrogen and oxygen atoms in total. The monoisotopic (exact) mass is 378 g/mol. The van der Waals surface area contributed by atoms with Gasteiger partial charge in [-0.2, -0.15) is 0 Å². The molecule has 1 fully saturated rings. The predicted molar refractivity (Wildman–Crippen MR) is 102 cm³/mol. The Kier molecular flexibility index (Phi) is 4.81. The van der Waals surface area contributed by atoms with Gasteiger partial charge in [0.1, 0.15) is 6.54 Å². The number of nitrogens with one attached hydrogen (secondary N) is 1. The van der Waals surface area contributed by atoms with Crippen LogP contribution in [0.1, 0.15) is 31.4 Å². The molecule has 0 radical (unpaired) electrons. The molecule has 1 aromatic carbocycles. The van der Waals surface area contributed by atoms with Crippen LogP contribution < -0.4 is 5.32 Å². The van der Waals surface area contributed by atoms with Gasteiger partial charge in [0.2, 0.25) is 17.7 Å². The Bertz CT molecular complexity index is 892. The number of allylic oxidation sites excluding steroid dienone is 2. The van der Waals surface area contributed by atoms with Gasteiger partial charge in [-0.15, -0.1) is 0 Å². The van der Waals surface area contributed by atoms with E-state index in [0.29, 0.717) is 12.8 Å². The van der Waals surface area contributed by atoms with E-state index in [1.165, 1.54) is 0 Å². The second-order valence-corrected chi connectivity index (χ2v) is 7.27. The lowest BCUT2D eigenvalue weighted by Gasteiger charge is -2.18. The van der Waals surface area contributed by atoms with Gasteiger partial charge in [0.25, 0.3) is 0 Å². The molecule has 4 rings (SSSR count). The molecule has 2 aliphatic rings. The van der Waals surface area contributed by atoms with Crippen LogP contribution in [0.5, 0.6) is 0 Å². The topological polar surface area (TPSA) is 84.3 Å². The van der Waals surface area contributed by atoms with Crippen LogP contribution in [-0.4, -0.2) is 38.7 Å². The Labute approximate surface area is 163 Å². The number of carbonyl (C=O) groups excluding carboxylic acids is 3. The molecule has 1 N–H and O–H groups in total. The van der Waals surface area contributed by atoms with Crippen LogP contribution in [0.2, 0.25) is 0 Å². The van der Waals surface area contributed by atoms with Crippen molar-refractivity contribution < 1.29 is 14.4 Å². The van der Waals surface area contributed by atoms with Crippen LogP contribution in [-0.2, 0) is 14.4 Å². The van der Waals surface area contributed by atoms with Crippen molar-refractivity contribution >= 4 is 17.7 Å². The van der Waals surface area contributed by atoms with E-state index in [1.807, 2.05) is 54.1 Å². The first-order valence-corrected chi connectivity index (χ1v) is 9.42. The maximum absolute atomic E-state index is 12.5. The number of fused-ring (bicyclic) bond motifs is 1. The first-order chi connectivity index (χ1) is 13.5. The fourth-order valence-electron chi connectivity index (χ4n) is 3.89. The Morgan fingerprint density at radius 1 is 1.14 bits per heavy atom. The van der Waals surface area contributed by atoms with Crippen molar-refractivity contribution in [3.63, 3.8) is 0 Å². The normalized spacial score (nSPS) is 22.2. The molecule has 144 valence electrons. The van der Waals surface area contributed by atoms with Crippen molar-refractivity contribution in [1.82, 2.24) is 19.8 Å². The fraction of sp³-hybridized carbons (Fsp3) is 0.333. The Morgan fingerprint density at radius 2 is 1.79 bits per heavy atom. The molecule has 2 heterocycles. The van der Waals surface area contributed by atoms with Gasteiger partial charge in [0.15, 0.2) is 0 Å². The summed E-state index contributed by atoms with van der Waals surface area (Å²) in [4.78, 5) is 42.5. The summed E-state index contributed by atoms with van der Waals surface area (Å²) >= 11 is 0. The van der Waals surface area contributed by atoms with Crippen molar-refractivity contribution in [2.24, 2.45) is 11.8 Å². The number of imidazole rings is 1. The third kappa shape index (κ3) is 3.35. The average Bonchev–Trinajstić information content (AvgIpc) is 3.32. The van der Waals surface area contributed by atoms with Crippen molar-refractivity contribution in [1.29, 1.82) is 0 Å². The summed E-state index contributed by atoms with van der Waals surface area (Å²) in [5.41, 5.74) is 1.92. The van der Waals surface area contributed by atoms with Crippen LogP contribution >= 0.6 is 0 Å². The Balaban J connectivity index is 1.37. The lowest BCUT2D eigenvalue weighted by molar-refractivity contribution is -0.143. The average molecular weight is 378 g/mol. The molecule has 1 aromatic heterocycles. The SMILES string of the molecule is C[C@H](NC(=O)CN1C(=O)[C@H]2CC=CC[C@@H]2C1=O)c1ccc(-n2ccnc2)cc1. The van der Waals surface area contributed by atoms with Crippen molar-refractivity contribution in [3.8, 4) is 5.69 Å². The zero-order valence-electron chi connectivity index (χ0n) is 15.6. The predicted octanol–water partition coefficient (Wildman–Crippen LogP) is 2.00. The first kappa shape index (κ1) is 18.2. The molecule has 1 aliphatic carbocycles. The van der Waals surface area contributed by atoms with E-state index >= 15 is 0 Å². The highest BCUT2D eigenvalue weighted by atomic mass is 16.2. The molecule has 28 heavy (non-hydrogen) atoms. The standard InChI is InChI=1S/C21H22N4O3/c1-14(15-6-8-16(9-7-15)24-11-10-22-13-24)23-19(26)12-25-20(27)17-4-2-3-5-18(17)21(25)28/h2-3,6-11,13-14,17-18H,4-5,12H2,1H3,(H,23,26)/t14-,17-,18-/m0/s1. The minimum atomic E-state index is -0.334. The summed E-state index contributed by atoms with van der Waals surface area (Å²) in [6, 6.07) is 7.54. The molecule has 0 bridgehead atoms. The van der Waals surface area contributed by atoms with E-state index in [4.69, 9.17) is 0 Å². The number of hydrogen-bond acceptors (Lipinski definition) is 4. The van der Waals surface area contributed by atoms with E-state index in [2.05, 4.69) is 10.3 Å². The quantitative estimate of drug-likeness (QED) is 0.637. The zero-order valence-corrected chi connectivity index (χ0v) is 15.6. The molecule has 3 amide bonds. The molecular weight excluding hydrogens is 356 g/mol. The summed E-state index contributed by atoms with van der Waals surface area (Å²) in [5.74, 6) is -1.41. The third-order valence-electron chi connectivity index (χ3n) is 5.47. The van der Waals surface area contributed by atoms with Gasteiger partial charge < -0.3 is 9.88 Å². The smallest absolute Gasteiger partial charge is 0.240 e. The number of likely N-dealkylation sites (tertiary alicyclic amines) is 1. The van der Waals surface area contributed by atoms with E-state index in [0.717, 1.165) is 16.2 Å². The van der Waals surface area contributed by atoms with Gasteiger partial charge in [-0.25, -0.2) is 4.98 Å². The van der Waals surface area contributed by atoms with Crippen molar-refractivity contribution in [2.75, 3.05) is 6.54 Å². The number of carbonyl (C=O) groups is 3. The summed E-state index contributed by atoms with van der Waals surface area (Å²) < 4.78 is 1.89. The number of amides is 3. The highest BCUT2D eigenvalue weighted by Crippen LogP contribution is 2.34. The molecule has 0 spiro atoms. The van der Waals surface area contributed by atoms with Gasteiger partial charge in [-0.05, 0) is 37.5 Å². The zero-order chi connectivity index (χ0) is 19.7. The molecule has 2 aromatic rings. The van der Waals surface area contributed by atoms with Crippen LogP contribution in [0, 0.1) is 11.8 Å². The number of hydrogen-bond donors (Lipinski definition) is 1. The summed E-state index contributed by atoms with van der Waals surface area (Å²) in [7, 11) is 0. The Morgan fingerprint density at radius 3 is 2.36 bits per heavy atom. The second kappa shape index (κ2) is 7.42. The van der Waals surface area contributed by atoms with Gasteiger partial charge in [-0.3, -0.25) is 19.3 Å². The third-order valence-corrected chi connectivity index (χ3v) is 5.47. The van der Waals surface area contributed by atoms with Gasteiger partial charge in [-0.1, -0.05) is 24.3 Å². The lowest BCUT2D eigenvalue weighted by atomic mass is 9.85. The van der Waals surface area contributed by atoms with Crippen LogP contribution in [0.15, 0.2) is 55.1 Å². The number of benzene rings is 1. The highest BCUT2D eigenvalue weighted by Gasteiger charge is 2.47. The van der Waals surface area contributed by atoms with E-state index in [9.17, 15) is 14.4 Å². The molecule has 0 saturated carbocycles. The second-order valence-electron chi connectivity index (χ2n) is 7.27. The fourth-order valence-corrected chi connectivity index (χ4v) is 3.89. The number of rotatable bonds is 5. The molecule has 1 aliphatic heterocycles. The summed E-state index contributed by atoms with van der Waals surface area (Å²) in [6.45, 7) is 1.66. The van der Waals surface area contributed by atoms with E-state index in [1.54, 1.807) is 12.5 Å². The van der Waals surface area contributed by atoms with Crippen LogP contribution in [0.25, 0.3) is 5.69 Å². The van der Waals surface area contributed by atoms with E-state index in [-0.39, 0.29) is 42.1 Å². The molecule has 3 atom stereocenters. The minimum absolute atomic E-state index is 0.220. The molecule has 0 unspecified atom stereocenters. The molecular formula is C21H22N4O3. The largest absolute Gasteiger partial charge is 0.348 e. The molecule has 7 heteroatoms. The van der Waals surface area contributed by atoms with E-state index < -0.39 is 0 Å². The number of aromatic nitrogens is 2. The van der Waals surface area contributed by atoms with Gasteiger partial charge in [0, 0.05) is 18.1 Å². The number of imide groups is 1. The summed E-state index contributed by atoms with van der Waals surface area (Å²) in [6.07, 6.45) is 10.3. The molecule has 1 saturated heterocycles. The summed E-state index contributed by atoms with van der Waals surface area (Å²) in [5, 5.41) is 2.88. The minimum Gasteiger partial charge on any atom is -0.348 e. The Hall–Kier alpha value is -3.22. The van der Waals surface area contributed by atoms with Gasteiger partial charge >= 0.3 is 0 Å². The van der Waals surface area contributed by atoms with Crippen molar-refractivity contribution in [2.45, 2.75) is 25.8 Å². The first-order valence-electron chi connectivity index (χ1n) is 9.42. The maximum Gasteiger partial charge on any atom is 0.240 e. The highest BCUT2D eigenvalue weighted by molar-refractivity contribution is 6.07. The van der Waals surface area contributed by atoms with Crippen LogP contribution in [0.3, 0.4) is 0 Å². The van der Waals surface area contributed by atoms with Gasteiger partial charge in [0.05, 0.1) is 24.2 Å². The maximum atomic E-state index is 12.5. The lowest BCUT2D eigenvalue weighted by Crippen LogP contribution is -2.41. The number of nitrogens with zero attached hydrogens (tertiary/aromatic N) is 3.